The molecule has 1 aromatic carbocycles. The van der Waals surface area contributed by atoms with Gasteiger partial charge in [-0.3, -0.25) is 4.68 Å². The van der Waals surface area contributed by atoms with Crippen LogP contribution in [-0.4, -0.2) is 25.2 Å². The average Bonchev–Trinajstić information content (AvgIpc) is 3.25. The van der Waals surface area contributed by atoms with Gasteiger partial charge in [0, 0.05) is 30.2 Å². The molecule has 3 aromatic heterocycles. The topological polar surface area (TPSA) is 76.2 Å². The van der Waals surface area contributed by atoms with E-state index in [2.05, 4.69) is 32.8 Å². The molecule has 0 aliphatic carbocycles. The molecule has 3 heterocycles. The molecular weight excluding hydrogens is 400 g/mol. The lowest BCUT2D eigenvalue weighted by molar-refractivity contribution is 0.240. The zero-order valence-electron chi connectivity index (χ0n) is 16.9. The molecule has 0 bridgehead atoms. The number of hydrogen-bond donors (Lipinski definition) is 2. The summed E-state index contributed by atoms with van der Waals surface area (Å²) < 4.78 is 3.81. The standard InChI is InChI=1S/C22H23ClN6O/c1-15-20(16(2)29(27-15)12-17-6-4-3-5-7-17)11-25-22(30)24-10-19-14-28-13-18(23)8-9-21(28)26-19/h3-9,13-14H,10-12H2,1-2H3,(H2,24,25,30). The first-order chi connectivity index (χ1) is 14.5. The second-order valence-corrected chi connectivity index (χ2v) is 7.61. The van der Waals surface area contributed by atoms with E-state index >= 15 is 0 Å². The fourth-order valence-electron chi connectivity index (χ4n) is 3.40. The highest BCUT2D eigenvalue weighted by Gasteiger charge is 2.13. The molecule has 8 heteroatoms. The number of benzene rings is 1. The van der Waals surface area contributed by atoms with Gasteiger partial charge >= 0.3 is 6.03 Å². The average molecular weight is 423 g/mol. The Kier molecular flexibility index (Phi) is 5.72. The SMILES string of the molecule is Cc1nn(Cc2ccccc2)c(C)c1CNC(=O)NCc1cn2cc(Cl)ccc2n1. The summed E-state index contributed by atoms with van der Waals surface area (Å²) in [6.45, 7) is 5.44. The number of amides is 2. The fourth-order valence-corrected chi connectivity index (χ4v) is 3.57. The van der Waals surface area contributed by atoms with Gasteiger partial charge in [0.1, 0.15) is 5.65 Å². The molecule has 0 atom stereocenters. The highest BCUT2D eigenvalue weighted by Crippen LogP contribution is 2.15. The van der Waals surface area contributed by atoms with E-state index in [1.165, 1.54) is 5.56 Å². The molecule has 0 spiro atoms. The summed E-state index contributed by atoms with van der Waals surface area (Å²) in [6.07, 6.45) is 3.63. The van der Waals surface area contributed by atoms with E-state index in [0.29, 0.717) is 24.7 Å². The van der Waals surface area contributed by atoms with Gasteiger partial charge in [0.05, 0.1) is 29.5 Å². The van der Waals surface area contributed by atoms with Crippen LogP contribution in [0.15, 0.2) is 54.9 Å². The number of pyridine rings is 1. The Labute approximate surface area is 179 Å². The molecule has 0 fully saturated rings. The van der Waals surface area contributed by atoms with E-state index in [-0.39, 0.29) is 6.03 Å². The third-order valence-electron chi connectivity index (χ3n) is 5.03. The van der Waals surface area contributed by atoms with E-state index in [1.807, 2.05) is 53.4 Å². The predicted molar refractivity (Wildman–Crippen MR) is 117 cm³/mol. The van der Waals surface area contributed by atoms with Crippen molar-refractivity contribution in [2.45, 2.75) is 33.5 Å². The van der Waals surface area contributed by atoms with Gasteiger partial charge < -0.3 is 15.0 Å². The maximum absolute atomic E-state index is 12.3. The minimum Gasteiger partial charge on any atom is -0.334 e. The number of nitrogens with zero attached hydrogens (tertiary/aromatic N) is 4. The van der Waals surface area contributed by atoms with E-state index in [0.717, 1.165) is 28.3 Å². The lowest BCUT2D eigenvalue weighted by atomic mass is 10.2. The lowest BCUT2D eigenvalue weighted by Gasteiger charge is -2.08. The second-order valence-electron chi connectivity index (χ2n) is 7.17. The Balaban J connectivity index is 1.34. The summed E-state index contributed by atoms with van der Waals surface area (Å²) in [5.41, 5.74) is 5.73. The van der Waals surface area contributed by atoms with Gasteiger partial charge in [0.15, 0.2) is 0 Å². The van der Waals surface area contributed by atoms with Crippen LogP contribution in [0.5, 0.6) is 0 Å². The fraction of sp³-hybridized carbons (Fsp3) is 0.227. The molecule has 0 unspecified atom stereocenters. The molecule has 154 valence electrons. The largest absolute Gasteiger partial charge is 0.334 e. The molecule has 4 aromatic rings. The summed E-state index contributed by atoms with van der Waals surface area (Å²) in [4.78, 5) is 16.7. The number of carbonyl (C=O) groups is 1. The number of carbonyl (C=O) groups excluding carboxylic acids is 1. The molecule has 0 aliphatic rings. The van der Waals surface area contributed by atoms with Crippen molar-refractivity contribution >= 4 is 23.3 Å². The lowest BCUT2D eigenvalue weighted by Crippen LogP contribution is -2.34. The van der Waals surface area contributed by atoms with Crippen LogP contribution in [-0.2, 0) is 19.6 Å². The van der Waals surface area contributed by atoms with Crippen molar-refractivity contribution in [2.24, 2.45) is 0 Å². The summed E-state index contributed by atoms with van der Waals surface area (Å²) in [7, 11) is 0. The minimum atomic E-state index is -0.250. The third-order valence-corrected chi connectivity index (χ3v) is 5.25. The molecular formula is C22H23ClN6O. The van der Waals surface area contributed by atoms with Gasteiger partial charge in [-0.1, -0.05) is 41.9 Å². The summed E-state index contributed by atoms with van der Waals surface area (Å²) in [5.74, 6) is 0. The number of aromatic nitrogens is 4. The molecule has 2 N–H and O–H groups in total. The van der Waals surface area contributed by atoms with Crippen LogP contribution in [0.1, 0.15) is 28.2 Å². The maximum atomic E-state index is 12.3. The van der Waals surface area contributed by atoms with Crippen molar-refractivity contribution in [3.05, 3.63) is 88.1 Å². The molecule has 0 saturated carbocycles. The van der Waals surface area contributed by atoms with Crippen molar-refractivity contribution in [2.75, 3.05) is 0 Å². The van der Waals surface area contributed by atoms with E-state index < -0.39 is 0 Å². The van der Waals surface area contributed by atoms with E-state index in [4.69, 9.17) is 11.6 Å². The number of rotatable bonds is 6. The first-order valence-corrected chi connectivity index (χ1v) is 10.1. The predicted octanol–water partition coefficient (Wildman–Crippen LogP) is 3.85. The Bertz CT molecular complexity index is 1180. The van der Waals surface area contributed by atoms with E-state index in [9.17, 15) is 4.79 Å². The molecule has 4 rings (SSSR count). The van der Waals surface area contributed by atoms with Gasteiger partial charge in [-0.05, 0) is 31.5 Å². The number of fused-ring (bicyclic) bond motifs is 1. The number of aryl methyl sites for hydroxylation is 1. The maximum Gasteiger partial charge on any atom is 0.315 e. The number of imidazole rings is 1. The van der Waals surface area contributed by atoms with Crippen molar-refractivity contribution < 1.29 is 4.79 Å². The van der Waals surface area contributed by atoms with Gasteiger partial charge in [0.25, 0.3) is 0 Å². The number of halogens is 1. The molecule has 0 aliphatic heterocycles. The third kappa shape index (κ3) is 4.46. The Morgan fingerprint density at radius 3 is 2.60 bits per heavy atom. The number of urea groups is 1. The van der Waals surface area contributed by atoms with Crippen LogP contribution in [0.25, 0.3) is 5.65 Å². The number of nitrogens with one attached hydrogen (secondary N) is 2. The van der Waals surface area contributed by atoms with Crippen LogP contribution < -0.4 is 10.6 Å². The summed E-state index contributed by atoms with van der Waals surface area (Å²) in [5, 5.41) is 11.0. The Morgan fingerprint density at radius 1 is 1.03 bits per heavy atom. The van der Waals surface area contributed by atoms with Crippen molar-refractivity contribution in [1.82, 2.24) is 29.8 Å². The Morgan fingerprint density at radius 2 is 1.80 bits per heavy atom. The quantitative estimate of drug-likeness (QED) is 0.495. The summed E-state index contributed by atoms with van der Waals surface area (Å²) >= 11 is 5.99. The molecule has 2 amide bonds. The van der Waals surface area contributed by atoms with Crippen LogP contribution in [0.4, 0.5) is 4.79 Å². The zero-order chi connectivity index (χ0) is 21.1. The van der Waals surface area contributed by atoms with Crippen LogP contribution in [0.3, 0.4) is 0 Å². The number of hydrogen-bond acceptors (Lipinski definition) is 3. The normalized spacial score (nSPS) is 11.0. The minimum absolute atomic E-state index is 0.250. The van der Waals surface area contributed by atoms with Crippen molar-refractivity contribution in [3.63, 3.8) is 0 Å². The molecule has 30 heavy (non-hydrogen) atoms. The van der Waals surface area contributed by atoms with Gasteiger partial charge in [0.2, 0.25) is 0 Å². The smallest absolute Gasteiger partial charge is 0.315 e. The van der Waals surface area contributed by atoms with Gasteiger partial charge in [-0.15, -0.1) is 0 Å². The second kappa shape index (κ2) is 8.59. The first kappa shape index (κ1) is 20.0. The van der Waals surface area contributed by atoms with Gasteiger partial charge in [-0.25, -0.2) is 9.78 Å². The van der Waals surface area contributed by atoms with Crippen molar-refractivity contribution in [3.8, 4) is 0 Å². The zero-order valence-corrected chi connectivity index (χ0v) is 17.6. The van der Waals surface area contributed by atoms with Crippen molar-refractivity contribution in [1.29, 1.82) is 0 Å². The van der Waals surface area contributed by atoms with Gasteiger partial charge in [-0.2, -0.15) is 5.10 Å². The Hall–Kier alpha value is -3.32. The first-order valence-electron chi connectivity index (χ1n) is 9.71. The van der Waals surface area contributed by atoms with E-state index in [1.54, 1.807) is 12.3 Å². The van der Waals surface area contributed by atoms with Crippen LogP contribution in [0.2, 0.25) is 5.02 Å². The highest BCUT2D eigenvalue weighted by atomic mass is 35.5. The molecule has 0 radical (unpaired) electrons. The van der Waals surface area contributed by atoms with Crippen LogP contribution >= 0.6 is 11.6 Å². The monoisotopic (exact) mass is 422 g/mol. The summed E-state index contributed by atoms with van der Waals surface area (Å²) in [6, 6.07) is 13.6. The molecule has 7 nitrogen and oxygen atoms in total. The molecule has 0 saturated heterocycles. The van der Waals surface area contributed by atoms with Crippen LogP contribution in [0, 0.1) is 13.8 Å². The highest BCUT2D eigenvalue weighted by molar-refractivity contribution is 6.30.